The second-order valence-corrected chi connectivity index (χ2v) is 7.75. The highest BCUT2D eigenvalue weighted by Gasteiger charge is 2.00. The van der Waals surface area contributed by atoms with Gasteiger partial charge in [-0.3, -0.25) is 0 Å². The molecule has 0 fully saturated rings. The number of nitrogens with one attached hydrogen (secondary N) is 2. The summed E-state index contributed by atoms with van der Waals surface area (Å²) in [6, 6.07) is 14.8. The molecule has 0 aliphatic rings. The zero-order valence-electron chi connectivity index (χ0n) is 13.4. The molecule has 122 valence electrons. The van der Waals surface area contributed by atoms with E-state index in [1.807, 2.05) is 23.9 Å². The van der Waals surface area contributed by atoms with Crippen LogP contribution in [-0.2, 0) is 5.75 Å². The van der Waals surface area contributed by atoms with Crippen molar-refractivity contribution in [2.24, 2.45) is 0 Å². The standard InChI is InChI=1S/C18H21BrN2S2/c1-13-4-3-5-15(10-13)12-23-9-8-20-18(22)21-16-6-7-17(19)14(2)11-16/h3-7,10-11H,8-9,12H2,1-2H3,(H2,20,21,22). The van der Waals surface area contributed by atoms with Crippen molar-refractivity contribution in [1.82, 2.24) is 5.32 Å². The topological polar surface area (TPSA) is 24.1 Å². The van der Waals surface area contributed by atoms with Crippen molar-refractivity contribution in [3.05, 3.63) is 63.6 Å². The second-order valence-electron chi connectivity index (χ2n) is 5.39. The van der Waals surface area contributed by atoms with Crippen molar-refractivity contribution in [2.75, 3.05) is 17.6 Å². The Morgan fingerprint density at radius 2 is 2.00 bits per heavy atom. The first-order chi connectivity index (χ1) is 11.0. The fourth-order valence-electron chi connectivity index (χ4n) is 2.13. The van der Waals surface area contributed by atoms with Crippen molar-refractivity contribution in [2.45, 2.75) is 19.6 Å². The predicted molar refractivity (Wildman–Crippen MR) is 110 cm³/mol. The molecule has 5 heteroatoms. The Morgan fingerprint density at radius 1 is 1.17 bits per heavy atom. The summed E-state index contributed by atoms with van der Waals surface area (Å²) in [6.45, 7) is 5.05. The fourth-order valence-corrected chi connectivity index (χ4v) is 3.40. The molecular formula is C18H21BrN2S2. The smallest absolute Gasteiger partial charge is 0.170 e. The molecule has 0 spiro atoms. The van der Waals surface area contributed by atoms with Crippen molar-refractivity contribution < 1.29 is 0 Å². The highest BCUT2D eigenvalue weighted by atomic mass is 79.9. The van der Waals surface area contributed by atoms with Crippen LogP contribution in [0.3, 0.4) is 0 Å². The lowest BCUT2D eigenvalue weighted by Crippen LogP contribution is -2.30. The third-order valence-corrected chi connectivity index (χ3v) is 5.47. The Kier molecular flexibility index (Phi) is 7.40. The van der Waals surface area contributed by atoms with E-state index in [1.165, 1.54) is 16.7 Å². The summed E-state index contributed by atoms with van der Waals surface area (Å²) >= 11 is 10.7. The second kappa shape index (κ2) is 9.30. The number of anilines is 1. The van der Waals surface area contributed by atoms with Crippen LogP contribution in [0.15, 0.2) is 46.9 Å². The number of thioether (sulfide) groups is 1. The molecule has 0 unspecified atom stereocenters. The largest absolute Gasteiger partial charge is 0.362 e. The number of aryl methyl sites for hydroxylation is 2. The fraction of sp³-hybridized carbons (Fsp3) is 0.278. The predicted octanol–water partition coefficient (Wildman–Crippen LogP) is 5.29. The van der Waals surface area contributed by atoms with Crippen LogP contribution in [0.4, 0.5) is 5.69 Å². The molecule has 0 aliphatic heterocycles. The van der Waals surface area contributed by atoms with E-state index >= 15 is 0 Å². The van der Waals surface area contributed by atoms with Crippen molar-refractivity contribution >= 4 is 50.7 Å². The molecule has 0 amide bonds. The van der Waals surface area contributed by atoms with Crippen LogP contribution in [-0.4, -0.2) is 17.4 Å². The van der Waals surface area contributed by atoms with Crippen LogP contribution in [0.1, 0.15) is 16.7 Å². The normalized spacial score (nSPS) is 10.4. The molecule has 23 heavy (non-hydrogen) atoms. The van der Waals surface area contributed by atoms with Gasteiger partial charge in [-0.1, -0.05) is 45.8 Å². The summed E-state index contributed by atoms with van der Waals surface area (Å²) < 4.78 is 1.11. The van der Waals surface area contributed by atoms with E-state index in [4.69, 9.17) is 12.2 Å². The highest BCUT2D eigenvalue weighted by molar-refractivity contribution is 9.10. The van der Waals surface area contributed by atoms with Gasteiger partial charge in [0.15, 0.2) is 5.11 Å². The molecule has 2 aromatic carbocycles. The average molecular weight is 409 g/mol. The number of rotatable bonds is 6. The molecule has 2 aromatic rings. The van der Waals surface area contributed by atoms with E-state index in [2.05, 4.69) is 70.7 Å². The first-order valence-electron chi connectivity index (χ1n) is 7.49. The molecular weight excluding hydrogens is 388 g/mol. The third kappa shape index (κ3) is 6.53. The van der Waals surface area contributed by atoms with Crippen molar-refractivity contribution in [1.29, 1.82) is 0 Å². The minimum absolute atomic E-state index is 0.669. The number of thiocarbonyl (C=S) groups is 1. The lowest BCUT2D eigenvalue weighted by atomic mass is 10.2. The Morgan fingerprint density at radius 3 is 2.74 bits per heavy atom. The molecule has 0 radical (unpaired) electrons. The van der Waals surface area contributed by atoms with E-state index < -0.39 is 0 Å². The zero-order valence-corrected chi connectivity index (χ0v) is 16.6. The van der Waals surface area contributed by atoms with E-state index in [1.54, 1.807) is 0 Å². The highest BCUT2D eigenvalue weighted by Crippen LogP contribution is 2.19. The molecule has 0 aliphatic carbocycles. The van der Waals surface area contributed by atoms with Crippen LogP contribution in [0.5, 0.6) is 0 Å². The Bertz CT molecular complexity index is 674. The van der Waals surface area contributed by atoms with Crippen LogP contribution in [0.25, 0.3) is 0 Å². The molecule has 0 atom stereocenters. The van der Waals surface area contributed by atoms with E-state index in [0.717, 1.165) is 28.2 Å². The molecule has 2 nitrogen and oxygen atoms in total. The van der Waals surface area contributed by atoms with Crippen molar-refractivity contribution in [3.8, 4) is 0 Å². The van der Waals surface area contributed by atoms with Gasteiger partial charge in [-0.05, 0) is 55.4 Å². The number of halogens is 1. The van der Waals surface area contributed by atoms with Gasteiger partial charge >= 0.3 is 0 Å². The molecule has 0 heterocycles. The van der Waals surface area contributed by atoms with E-state index in [0.29, 0.717) is 5.11 Å². The molecule has 0 saturated heterocycles. The third-order valence-electron chi connectivity index (χ3n) is 3.30. The Balaban J connectivity index is 1.65. The first-order valence-corrected chi connectivity index (χ1v) is 9.84. The van der Waals surface area contributed by atoms with Gasteiger partial charge in [0, 0.05) is 28.2 Å². The summed E-state index contributed by atoms with van der Waals surface area (Å²) in [7, 11) is 0. The summed E-state index contributed by atoms with van der Waals surface area (Å²) in [5.41, 5.74) is 4.89. The molecule has 0 aromatic heterocycles. The Labute approximate surface area is 156 Å². The van der Waals surface area contributed by atoms with Crippen LogP contribution < -0.4 is 10.6 Å². The van der Waals surface area contributed by atoms with E-state index in [-0.39, 0.29) is 0 Å². The van der Waals surface area contributed by atoms with Crippen LogP contribution in [0.2, 0.25) is 0 Å². The van der Waals surface area contributed by atoms with Gasteiger partial charge in [0.1, 0.15) is 0 Å². The monoisotopic (exact) mass is 408 g/mol. The van der Waals surface area contributed by atoms with Crippen LogP contribution in [0, 0.1) is 13.8 Å². The van der Waals surface area contributed by atoms with Gasteiger partial charge in [-0.25, -0.2) is 0 Å². The zero-order chi connectivity index (χ0) is 16.7. The van der Waals surface area contributed by atoms with E-state index in [9.17, 15) is 0 Å². The summed E-state index contributed by atoms with van der Waals surface area (Å²) in [5.74, 6) is 2.06. The molecule has 2 N–H and O–H groups in total. The van der Waals surface area contributed by atoms with Gasteiger partial charge in [-0.2, -0.15) is 11.8 Å². The average Bonchev–Trinajstić information content (AvgIpc) is 2.51. The van der Waals surface area contributed by atoms with Gasteiger partial charge in [0.25, 0.3) is 0 Å². The molecule has 2 rings (SSSR count). The number of hydrogen-bond acceptors (Lipinski definition) is 2. The summed E-state index contributed by atoms with van der Waals surface area (Å²) in [4.78, 5) is 0. The molecule has 0 bridgehead atoms. The minimum Gasteiger partial charge on any atom is -0.362 e. The Hall–Kier alpha value is -1.04. The SMILES string of the molecule is Cc1cccc(CSCCNC(=S)Nc2ccc(Br)c(C)c2)c1. The maximum atomic E-state index is 5.33. The van der Waals surface area contributed by atoms with Crippen LogP contribution >= 0.6 is 39.9 Å². The minimum atomic E-state index is 0.669. The lowest BCUT2D eigenvalue weighted by molar-refractivity contribution is 0.989. The van der Waals surface area contributed by atoms with Gasteiger partial charge in [0.05, 0.1) is 0 Å². The lowest BCUT2D eigenvalue weighted by Gasteiger charge is -2.11. The van der Waals surface area contributed by atoms with Gasteiger partial charge in [0.2, 0.25) is 0 Å². The first kappa shape index (κ1) is 18.3. The number of benzene rings is 2. The van der Waals surface area contributed by atoms with Crippen molar-refractivity contribution in [3.63, 3.8) is 0 Å². The summed E-state index contributed by atoms with van der Waals surface area (Å²) in [5, 5.41) is 7.14. The maximum absolute atomic E-state index is 5.33. The quantitative estimate of drug-likeness (QED) is 0.500. The van der Waals surface area contributed by atoms with Gasteiger partial charge in [-0.15, -0.1) is 0 Å². The maximum Gasteiger partial charge on any atom is 0.170 e. The number of hydrogen-bond donors (Lipinski definition) is 2. The van der Waals surface area contributed by atoms with Gasteiger partial charge < -0.3 is 10.6 Å². The molecule has 0 saturated carbocycles. The summed E-state index contributed by atoms with van der Waals surface area (Å²) in [6.07, 6.45) is 0.